The lowest BCUT2D eigenvalue weighted by Crippen LogP contribution is -2.31. The highest BCUT2D eigenvalue weighted by atomic mass is 79.9. The van der Waals surface area contributed by atoms with Crippen molar-refractivity contribution < 1.29 is 9.18 Å². The van der Waals surface area contributed by atoms with E-state index in [1.54, 1.807) is 12.1 Å². The third-order valence-electron chi connectivity index (χ3n) is 3.87. The molecule has 1 saturated carbocycles. The first-order chi connectivity index (χ1) is 9.06. The van der Waals surface area contributed by atoms with E-state index >= 15 is 0 Å². The zero-order chi connectivity index (χ0) is 13.8. The molecule has 0 radical (unpaired) electrons. The number of benzene rings is 1. The molecule has 104 valence electrons. The number of hydrogen-bond donors (Lipinski definition) is 1. The quantitative estimate of drug-likeness (QED) is 0.887. The maximum atomic E-state index is 13.4. The van der Waals surface area contributed by atoms with E-state index in [0.717, 1.165) is 5.92 Å². The second kappa shape index (κ2) is 6.51. The Morgan fingerprint density at radius 3 is 2.68 bits per heavy atom. The van der Waals surface area contributed by atoms with Crippen LogP contribution in [-0.4, -0.2) is 12.5 Å². The van der Waals surface area contributed by atoms with Crippen molar-refractivity contribution in [3.05, 3.63) is 34.1 Å². The summed E-state index contributed by atoms with van der Waals surface area (Å²) in [5.41, 5.74) is 0.380. The summed E-state index contributed by atoms with van der Waals surface area (Å²) >= 11 is 3.08. The first-order valence-electron chi connectivity index (χ1n) is 6.79. The molecular formula is C15H19BrFNO. The first kappa shape index (κ1) is 14.5. The van der Waals surface area contributed by atoms with Gasteiger partial charge in [-0.2, -0.15) is 0 Å². The van der Waals surface area contributed by atoms with E-state index in [2.05, 4.69) is 28.2 Å². The molecule has 0 spiro atoms. The minimum absolute atomic E-state index is 0.190. The van der Waals surface area contributed by atoms with Crippen molar-refractivity contribution in [1.29, 1.82) is 0 Å². The smallest absolute Gasteiger partial charge is 0.251 e. The van der Waals surface area contributed by atoms with Crippen molar-refractivity contribution >= 4 is 21.8 Å². The van der Waals surface area contributed by atoms with Crippen LogP contribution in [0.15, 0.2) is 22.7 Å². The lowest BCUT2D eigenvalue weighted by atomic mass is 9.83. The minimum atomic E-state index is -0.404. The van der Waals surface area contributed by atoms with Gasteiger partial charge in [0, 0.05) is 12.1 Å². The molecule has 1 aromatic rings. The predicted molar refractivity (Wildman–Crippen MR) is 77.6 cm³/mol. The summed E-state index contributed by atoms with van der Waals surface area (Å²) in [6.07, 6.45) is 4.84. The number of carbonyl (C=O) groups excluding carboxylic acids is 1. The molecule has 0 atom stereocenters. The van der Waals surface area contributed by atoms with Gasteiger partial charge in [0.05, 0.1) is 4.47 Å². The molecule has 0 aliphatic heterocycles. The summed E-state index contributed by atoms with van der Waals surface area (Å²) in [5.74, 6) is 0.789. The van der Waals surface area contributed by atoms with E-state index in [4.69, 9.17) is 0 Å². The molecule has 19 heavy (non-hydrogen) atoms. The molecule has 1 fully saturated rings. The molecule has 0 unspecified atom stereocenters. The van der Waals surface area contributed by atoms with Crippen LogP contribution in [0.2, 0.25) is 0 Å². The number of rotatable bonds is 3. The second-order valence-electron chi connectivity index (χ2n) is 5.46. The van der Waals surface area contributed by atoms with Crippen LogP contribution >= 0.6 is 15.9 Å². The van der Waals surface area contributed by atoms with Gasteiger partial charge in [0.25, 0.3) is 5.91 Å². The van der Waals surface area contributed by atoms with Crippen LogP contribution in [0.4, 0.5) is 4.39 Å². The van der Waals surface area contributed by atoms with Crippen molar-refractivity contribution in [3.63, 3.8) is 0 Å². The molecule has 1 aliphatic rings. The molecular weight excluding hydrogens is 309 g/mol. The monoisotopic (exact) mass is 327 g/mol. The topological polar surface area (TPSA) is 29.1 Å². The van der Waals surface area contributed by atoms with Gasteiger partial charge >= 0.3 is 0 Å². The fraction of sp³-hybridized carbons (Fsp3) is 0.533. The molecule has 0 aromatic heterocycles. The van der Waals surface area contributed by atoms with E-state index in [9.17, 15) is 9.18 Å². The Morgan fingerprint density at radius 2 is 2.05 bits per heavy atom. The average molecular weight is 328 g/mol. The Balaban J connectivity index is 1.85. The Bertz CT molecular complexity index is 455. The fourth-order valence-electron chi connectivity index (χ4n) is 2.51. The molecule has 1 aliphatic carbocycles. The number of amides is 1. The van der Waals surface area contributed by atoms with E-state index in [1.165, 1.54) is 31.7 Å². The SMILES string of the molecule is CC1CCC(CNC(=O)c2ccc(Br)c(F)c2)CC1. The summed E-state index contributed by atoms with van der Waals surface area (Å²) in [4.78, 5) is 11.9. The molecule has 0 bridgehead atoms. The van der Waals surface area contributed by atoms with Gasteiger partial charge in [-0.3, -0.25) is 4.79 Å². The maximum absolute atomic E-state index is 13.4. The fourth-order valence-corrected chi connectivity index (χ4v) is 2.76. The van der Waals surface area contributed by atoms with Gasteiger partial charge < -0.3 is 5.32 Å². The number of nitrogens with one attached hydrogen (secondary N) is 1. The number of carbonyl (C=O) groups is 1. The predicted octanol–water partition coefficient (Wildman–Crippen LogP) is 4.14. The van der Waals surface area contributed by atoms with E-state index < -0.39 is 5.82 Å². The van der Waals surface area contributed by atoms with Crippen LogP contribution in [0.3, 0.4) is 0 Å². The molecule has 2 nitrogen and oxygen atoms in total. The van der Waals surface area contributed by atoms with Crippen LogP contribution in [0, 0.1) is 17.7 Å². The zero-order valence-corrected chi connectivity index (χ0v) is 12.7. The Hall–Kier alpha value is -0.900. The van der Waals surface area contributed by atoms with Gasteiger partial charge in [0.15, 0.2) is 0 Å². The van der Waals surface area contributed by atoms with Crippen LogP contribution in [0.5, 0.6) is 0 Å². The van der Waals surface area contributed by atoms with E-state index in [1.807, 2.05) is 0 Å². The van der Waals surface area contributed by atoms with Crippen LogP contribution in [-0.2, 0) is 0 Å². The third-order valence-corrected chi connectivity index (χ3v) is 4.51. The number of halogens is 2. The van der Waals surface area contributed by atoms with Crippen molar-refractivity contribution in [3.8, 4) is 0 Å². The van der Waals surface area contributed by atoms with Gasteiger partial charge in [0.2, 0.25) is 0 Å². The van der Waals surface area contributed by atoms with Crippen molar-refractivity contribution in [2.24, 2.45) is 11.8 Å². The molecule has 1 amide bonds. The van der Waals surface area contributed by atoms with Crippen molar-refractivity contribution in [2.45, 2.75) is 32.6 Å². The summed E-state index contributed by atoms with van der Waals surface area (Å²) < 4.78 is 13.7. The largest absolute Gasteiger partial charge is 0.352 e. The van der Waals surface area contributed by atoms with Gasteiger partial charge in [-0.05, 0) is 58.8 Å². The molecule has 1 aromatic carbocycles. The summed E-state index contributed by atoms with van der Waals surface area (Å²) in [5, 5.41) is 2.91. The Labute approximate surface area is 121 Å². The second-order valence-corrected chi connectivity index (χ2v) is 6.32. The summed E-state index contributed by atoms with van der Waals surface area (Å²) in [7, 11) is 0. The molecule has 1 N–H and O–H groups in total. The molecule has 4 heteroatoms. The summed E-state index contributed by atoms with van der Waals surface area (Å²) in [6.45, 7) is 2.97. The van der Waals surface area contributed by atoms with E-state index in [0.29, 0.717) is 22.5 Å². The van der Waals surface area contributed by atoms with Crippen LogP contribution < -0.4 is 5.32 Å². The first-order valence-corrected chi connectivity index (χ1v) is 7.59. The zero-order valence-electron chi connectivity index (χ0n) is 11.1. The van der Waals surface area contributed by atoms with Crippen LogP contribution in [0.1, 0.15) is 43.0 Å². The van der Waals surface area contributed by atoms with Crippen molar-refractivity contribution in [1.82, 2.24) is 5.32 Å². The van der Waals surface area contributed by atoms with Gasteiger partial charge in [-0.1, -0.05) is 19.8 Å². The van der Waals surface area contributed by atoms with Gasteiger partial charge in [-0.15, -0.1) is 0 Å². The molecule has 0 saturated heterocycles. The van der Waals surface area contributed by atoms with Gasteiger partial charge in [-0.25, -0.2) is 4.39 Å². The highest BCUT2D eigenvalue weighted by molar-refractivity contribution is 9.10. The number of hydrogen-bond acceptors (Lipinski definition) is 1. The maximum Gasteiger partial charge on any atom is 0.251 e. The van der Waals surface area contributed by atoms with E-state index in [-0.39, 0.29) is 5.91 Å². The average Bonchev–Trinajstić information content (AvgIpc) is 2.41. The highest BCUT2D eigenvalue weighted by Gasteiger charge is 2.19. The van der Waals surface area contributed by atoms with Crippen LogP contribution in [0.25, 0.3) is 0 Å². The summed E-state index contributed by atoms with van der Waals surface area (Å²) in [6, 6.07) is 4.46. The van der Waals surface area contributed by atoms with Gasteiger partial charge in [0.1, 0.15) is 5.82 Å². The molecule has 2 rings (SSSR count). The van der Waals surface area contributed by atoms with Crippen molar-refractivity contribution in [2.75, 3.05) is 6.54 Å². The Kier molecular flexibility index (Phi) is 4.97. The highest BCUT2D eigenvalue weighted by Crippen LogP contribution is 2.27. The minimum Gasteiger partial charge on any atom is -0.352 e. The standard InChI is InChI=1S/C15H19BrFNO/c1-10-2-4-11(5-3-10)9-18-15(19)12-6-7-13(16)14(17)8-12/h6-8,10-11H,2-5,9H2,1H3,(H,18,19). The third kappa shape index (κ3) is 4.03. The Morgan fingerprint density at radius 1 is 1.37 bits per heavy atom. The molecule has 0 heterocycles. The normalized spacial score (nSPS) is 23.1. The lowest BCUT2D eigenvalue weighted by Gasteiger charge is -2.26. The lowest BCUT2D eigenvalue weighted by molar-refractivity contribution is 0.0941.